The molecule has 8 nitrogen and oxygen atoms in total. The normalized spacial score (nSPS) is 18.6. The number of piperidine rings is 1. The number of hydrogen-bond donors (Lipinski definition) is 1. The highest BCUT2D eigenvalue weighted by atomic mass is 32.2. The first-order chi connectivity index (χ1) is 15.4. The third kappa shape index (κ3) is 5.47. The van der Waals surface area contributed by atoms with Gasteiger partial charge in [0.25, 0.3) is 0 Å². The molecule has 0 spiro atoms. The Hall–Kier alpha value is -2.46. The number of quaternary nitrogens is 1. The fourth-order valence-corrected chi connectivity index (χ4v) is 5.24. The van der Waals surface area contributed by atoms with Crippen molar-refractivity contribution in [1.82, 2.24) is 4.31 Å². The summed E-state index contributed by atoms with van der Waals surface area (Å²) in [7, 11) is -2.19. The summed E-state index contributed by atoms with van der Waals surface area (Å²) in [5.74, 6) is 0. The van der Waals surface area contributed by atoms with Crippen molar-refractivity contribution < 1.29 is 28.3 Å². The summed E-state index contributed by atoms with van der Waals surface area (Å²) in [6.07, 6.45) is 7.89. The van der Waals surface area contributed by atoms with E-state index in [2.05, 4.69) is 13.5 Å². The molecule has 1 fully saturated rings. The minimum atomic E-state index is -3.72. The van der Waals surface area contributed by atoms with Crippen molar-refractivity contribution in [3.05, 3.63) is 65.2 Å². The zero-order valence-corrected chi connectivity index (χ0v) is 19.5. The van der Waals surface area contributed by atoms with Gasteiger partial charge >= 0.3 is 6.09 Å². The van der Waals surface area contributed by atoms with Gasteiger partial charge in [0.15, 0.2) is 5.70 Å². The number of cyclic esters (lactones) is 1. The van der Waals surface area contributed by atoms with E-state index in [1.807, 2.05) is 36.4 Å². The number of hydrogen-bond acceptors (Lipinski definition) is 5. The first-order valence-corrected chi connectivity index (χ1v) is 12.3. The van der Waals surface area contributed by atoms with E-state index < -0.39 is 10.0 Å². The van der Waals surface area contributed by atoms with E-state index in [1.165, 1.54) is 23.0 Å². The lowest BCUT2D eigenvalue weighted by Gasteiger charge is -2.39. The van der Waals surface area contributed by atoms with E-state index in [-0.39, 0.29) is 23.6 Å². The largest absolute Gasteiger partial charge is 0.444 e. The maximum absolute atomic E-state index is 13.1. The van der Waals surface area contributed by atoms with E-state index in [1.54, 1.807) is 4.90 Å². The lowest BCUT2D eigenvalue weighted by Crippen LogP contribution is -2.80. The number of para-hydroxylation sites is 1. The minimum Gasteiger partial charge on any atom is -0.444 e. The average Bonchev–Trinajstić information content (AvgIpc) is 2.79. The number of amides is 1. The molecular formula is C23H32N3O5S+. The van der Waals surface area contributed by atoms with Crippen molar-refractivity contribution in [3.63, 3.8) is 0 Å². The summed E-state index contributed by atoms with van der Waals surface area (Å²) in [6, 6.07) is 7.54. The predicted octanol–water partition coefficient (Wildman–Crippen LogP) is 2.82. The molecule has 1 aromatic carbocycles. The van der Waals surface area contributed by atoms with Crippen molar-refractivity contribution in [2.75, 3.05) is 25.1 Å². The fourth-order valence-electron chi connectivity index (χ4n) is 3.93. The Morgan fingerprint density at radius 3 is 2.72 bits per heavy atom. The third-order valence-corrected chi connectivity index (χ3v) is 7.43. The van der Waals surface area contributed by atoms with Crippen molar-refractivity contribution in [2.45, 2.75) is 45.3 Å². The standard InChI is InChI=1S/C23H31N3O5S/c1-4-5-6-10-20(24-30-3)16-18(2)32(28,29)25-14-12-21(13-15-25)26-22-11-8-7-9-19(22)17-31-23(26)27/h6-11,16,21,24H,2,4-5,12-15,17H2,1,3H3/p+1/b10-6-,20-16+. The van der Waals surface area contributed by atoms with Crippen molar-refractivity contribution in [3.8, 4) is 0 Å². The van der Waals surface area contributed by atoms with Crippen LogP contribution in [0.2, 0.25) is 0 Å². The van der Waals surface area contributed by atoms with Gasteiger partial charge in [-0.3, -0.25) is 4.90 Å². The average molecular weight is 463 g/mol. The van der Waals surface area contributed by atoms with Crippen LogP contribution in [0.1, 0.15) is 38.2 Å². The third-order valence-electron chi connectivity index (χ3n) is 5.61. The van der Waals surface area contributed by atoms with Gasteiger partial charge in [0.2, 0.25) is 10.0 Å². The van der Waals surface area contributed by atoms with Gasteiger partial charge in [-0.05, 0) is 31.4 Å². The van der Waals surface area contributed by atoms with Crippen LogP contribution in [0, 0.1) is 0 Å². The molecular weight excluding hydrogens is 430 g/mol. The number of fused-ring (bicyclic) bond motifs is 1. The Bertz CT molecular complexity index is 995. The van der Waals surface area contributed by atoms with Gasteiger partial charge in [-0.1, -0.05) is 44.2 Å². The number of rotatable bonds is 9. The summed E-state index contributed by atoms with van der Waals surface area (Å²) >= 11 is 0. The zero-order valence-electron chi connectivity index (χ0n) is 18.7. The molecule has 1 aromatic rings. The Labute approximate surface area is 190 Å². The number of benzene rings is 1. The van der Waals surface area contributed by atoms with Crippen molar-refractivity contribution in [1.29, 1.82) is 0 Å². The molecule has 9 heteroatoms. The van der Waals surface area contributed by atoms with Crippen LogP contribution in [-0.2, 0) is 26.2 Å². The summed E-state index contributed by atoms with van der Waals surface area (Å²) in [4.78, 5) is 19.2. The number of ether oxygens (including phenoxy) is 1. The van der Waals surface area contributed by atoms with Crippen LogP contribution in [0.25, 0.3) is 0 Å². The maximum atomic E-state index is 13.1. The molecule has 1 saturated heterocycles. The number of allylic oxidation sites excluding steroid dienone is 3. The van der Waals surface area contributed by atoms with Gasteiger partial charge < -0.3 is 4.74 Å². The van der Waals surface area contributed by atoms with Gasteiger partial charge in [0.05, 0.1) is 17.7 Å². The number of anilines is 1. The molecule has 0 radical (unpaired) electrons. The molecule has 0 bridgehead atoms. The molecule has 0 aromatic heterocycles. The van der Waals surface area contributed by atoms with Crippen LogP contribution < -0.4 is 10.4 Å². The maximum Gasteiger partial charge on any atom is 0.414 e. The van der Waals surface area contributed by atoms with E-state index in [0.29, 0.717) is 31.6 Å². The topological polar surface area (TPSA) is 92.8 Å². The summed E-state index contributed by atoms with van der Waals surface area (Å²) in [5, 5.41) is 0. The van der Waals surface area contributed by atoms with Gasteiger partial charge in [-0.25, -0.2) is 18.0 Å². The number of carbonyl (C=O) groups is 1. The molecule has 3 rings (SSSR count). The summed E-state index contributed by atoms with van der Waals surface area (Å²) < 4.78 is 33.0. The second-order valence-corrected chi connectivity index (χ2v) is 9.83. The van der Waals surface area contributed by atoms with Crippen LogP contribution in [0.4, 0.5) is 10.5 Å². The van der Waals surface area contributed by atoms with Crippen LogP contribution in [0.3, 0.4) is 0 Å². The quantitative estimate of drug-likeness (QED) is 0.450. The van der Waals surface area contributed by atoms with E-state index >= 15 is 0 Å². The molecule has 2 aliphatic heterocycles. The molecule has 0 aliphatic carbocycles. The summed E-state index contributed by atoms with van der Waals surface area (Å²) in [6.45, 7) is 6.75. The number of carbonyl (C=O) groups excluding carboxylic acids is 1. The Kier molecular flexibility index (Phi) is 8.25. The molecule has 174 valence electrons. The molecule has 0 saturated carbocycles. The zero-order chi connectivity index (χ0) is 23.1. The van der Waals surface area contributed by atoms with Gasteiger partial charge in [-0.2, -0.15) is 9.79 Å². The highest BCUT2D eigenvalue weighted by molar-refractivity contribution is 7.93. The summed E-state index contributed by atoms with van der Waals surface area (Å²) in [5.41, 5.74) is 3.94. The Morgan fingerprint density at radius 2 is 2.03 bits per heavy atom. The van der Waals surface area contributed by atoms with Gasteiger partial charge in [0.1, 0.15) is 6.61 Å². The first-order valence-electron chi connectivity index (χ1n) is 10.9. The van der Waals surface area contributed by atoms with E-state index in [0.717, 1.165) is 24.1 Å². The smallest absolute Gasteiger partial charge is 0.414 e. The second-order valence-electron chi connectivity index (χ2n) is 7.84. The molecule has 32 heavy (non-hydrogen) atoms. The lowest BCUT2D eigenvalue weighted by molar-refractivity contribution is -0.852. The highest BCUT2D eigenvalue weighted by Crippen LogP contribution is 2.32. The molecule has 0 atom stereocenters. The molecule has 2 N–H and O–H groups in total. The van der Waals surface area contributed by atoms with Crippen molar-refractivity contribution >= 4 is 21.8 Å². The number of unbranched alkanes of at least 4 members (excludes halogenated alkanes) is 1. The predicted molar refractivity (Wildman–Crippen MR) is 123 cm³/mol. The van der Waals surface area contributed by atoms with Crippen LogP contribution in [-0.4, -0.2) is 45.1 Å². The van der Waals surface area contributed by atoms with E-state index in [4.69, 9.17) is 9.57 Å². The fraction of sp³-hybridized carbons (Fsp3) is 0.435. The Morgan fingerprint density at radius 1 is 1.31 bits per heavy atom. The number of nitrogens with zero attached hydrogens (tertiary/aromatic N) is 2. The first kappa shape index (κ1) is 24.2. The Balaban J connectivity index is 1.69. The number of nitrogens with two attached hydrogens (primary N) is 1. The van der Waals surface area contributed by atoms with E-state index in [9.17, 15) is 13.2 Å². The monoisotopic (exact) mass is 462 g/mol. The van der Waals surface area contributed by atoms with Crippen molar-refractivity contribution in [2.24, 2.45) is 0 Å². The molecule has 0 unspecified atom stereocenters. The molecule has 1 amide bonds. The van der Waals surface area contributed by atoms with Gasteiger partial charge in [0, 0.05) is 30.8 Å². The number of hydroxylamine groups is 1. The lowest BCUT2D eigenvalue weighted by atomic mass is 10.0. The van der Waals surface area contributed by atoms with Crippen LogP contribution in [0.5, 0.6) is 0 Å². The minimum absolute atomic E-state index is 0.0168. The van der Waals surface area contributed by atoms with Gasteiger partial charge in [-0.15, -0.1) is 0 Å². The van der Waals surface area contributed by atoms with Crippen LogP contribution >= 0.6 is 0 Å². The number of sulfonamides is 1. The second kappa shape index (κ2) is 10.9. The molecule has 2 heterocycles. The SMILES string of the molecule is C=C(/C=C(\C=C/CCC)[NH2+]OC)S(=O)(=O)N1CCC(N2C(=O)OCc3ccccc32)CC1. The van der Waals surface area contributed by atoms with Crippen LogP contribution in [0.15, 0.2) is 59.7 Å². The molecule has 2 aliphatic rings. The highest BCUT2D eigenvalue weighted by Gasteiger charge is 2.37.